The first-order valence-electron chi connectivity index (χ1n) is 8.12. The molecule has 0 saturated heterocycles. The van der Waals surface area contributed by atoms with Gasteiger partial charge in [0.15, 0.2) is 6.61 Å². The molecule has 0 spiro atoms. The summed E-state index contributed by atoms with van der Waals surface area (Å²) in [6.07, 6.45) is 0. The molecule has 0 aliphatic carbocycles. The number of carbonyl (C=O) groups is 2. The summed E-state index contributed by atoms with van der Waals surface area (Å²) in [6, 6.07) is 15.1. The number of hydrogen-bond acceptors (Lipinski definition) is 4. The van der Waals surface area contributed by atoms with Gasteiger partial charge < -0.3 is 15.4 Å². The molecule has 2 aromatic rings. The fraction of sp³-hybridized carbons (Fsp3) is 0.250. The van der Waals surface area contributed by atoms with E-state index in [0.29, 0.717) is 22.6 Å². The van der Waals surface area contributed by atoms with Crippen LogP contribution in [0.3, 0.4) is 0 Å². The molecular formula is C20H21N3O3. The highest BCUT2D eigenvalue weighted by molar-refractivity contribution is 6.05. The lowest BCUT2D eigenvalue weighted by Crippen LogP contribution is -2.40. The maximum Gasteiger partial charge on any atom is 0.255 e. The second kappa shape index (κ2) is 8.17. The Labute approximate surface area is 152 Å². The number of ether oxygens (including phenoxy) is 1. The summed E-state index contributed by atoms with van der Waals surface area (Å²) >= 11 is 0. The summed E-state index contributed by atoms with van der Waals surface area (Å²) in [5.74, 6) is 0.00978. The van der Waals surface area contributed by atoms with Crippen molar-refractivity contribution in [2.45, 2.75) is 26.3 Å². The molecule has 0 aliphatic heterocycles. The van der Waals surface area contributed by atoms with Crippen molar-refractivity contribution in [3.05, 3.63) is 59.7 Å². The van der Waals surface area contributed by atoms with E-state index in [4.69, 9.17) is 10.00 Å². The van der Waals surface area contributed by atoms with E-state index in [-0.39, 0.29) is 24.0 Å². The Morgan fingerprint density at radius 2 is 1.65 bits per heavy atom. The van der Waals surface area contributed by atoms with Gasteiger partial charge in [-0.05, 0) is 57.2 Å². The van der Waals surface area contributed by atoms with Crippen molar-refractivity contribution >= 4 is 17.5 Å². The van der Waals surface area contributed by atoms with Crippen LogP contribution in [-0.4, -0.2) is 24.0 Å². The fourth-order valence-electron chi connectivity index (χ4n) is 2.17. The summed E-state index contributed by atoms with van der Waals surface area (Å²) < 4.78 is 5.21. The zero-order valence-corrected chi connectivity index (χ0v) is 15.0. The van der Waals surface area contributed by atoms with Crippen molar-refractivity contribution in [2.75, 3.05) is 11.9 Å². The van der Waals surface area contributed by atoms with Gasteiger partial charge in [-0.25, -0.2) is 0 Å². The zero-order valence-electron chi connectivity index (χ0n) is 15.0. The van der Waals surface area contributed by atoms with E-state index in [1.165, 1.54) is 0 Å². The van der Waals surface area contributed by atoms with Gasteiger partial charge in [0, 0.05) is 28.4 Å². The summed E-state index contributed by atoms with van der Waals surface area (Å²) in [7, 11) is 0. The first-order chi connectivity index (χ1) is 12.3. The molecule has 0 saturated carbocycles. The van der Waals surface area contributed by atoms with E-state index in [9.17, 15) is 9.59 Å². The molecule has 0 aliphatic rings. The van der Waals surface area contributed by atoms with Crippen LogP contribution in [-0.2, 0) is 0 Å². The van der Waals surface area contributed by atoms with E-state index in [1.54, 1.807) is 48.5 Å². The van der Waals surface area contributed by atoms with Crippen LogP contribution in [0.15, 0.2) is 48.5 Å². The van der Waals surface area contributed by atoms with Gasteiger partial charge in [-0.2, -0.15) is 5.26 Å². The van der Waals surface area contributed by atoms with Crippen LogP contribution in [0, 0.1) is 11.3 Å². The van der Waals surface area contributed by atoms with Crippen molar-refractivity contribution in [3.8, 4) is 11.8 Å². The summed E-state index contributed by atoms with van der Waals surface area (Å²) in [5.41, 5.74) is 1.15. The zero-order chi connectivity index (χ0) is 19.2. The molecule has 0 atom stereocenters. The standard InChI is InChI=1S/C20H21N3O3/c1-20(2,3)23-19(25)15-9-7-14(8-10-15)18(24)22-16-5-4-6-17(13-16)26-12-11-21/h4-10,13H,12H2,1-3H3,(H,22,24)(H,23,25). The number of benzene rings is 2. The number of nitrogens with zero attached hydrogens (tertiary/aromatic N) is 1. The predicted octanol–water partition coefficient (Wildman–Crippen LogP) is 3.37. The van der Waals surface area contributed by atoms with Crippen LogP contribution >= 0.6 is 0 Å². The third kappa shape index (κ3) is 5.64. The smallest absolute Gasteiger partial charge is 0.255 e. The van der Waals surface area contributed by atoms with Crippen molar-refractivity contribution in [3.63, 3.8) is 0 Å². The second-order valence-corrected chi connectivity index (χ2v) is 6.71. The first-order valence-corrected chi connectivity index (χ1v) is 8.12. The fourth-order valence-corrected chi connectivity index (χ4v) is 2.17. The van der Waals surface area contributed by atoms with E-state index in [1.807, 2.05) is 26.8 Å². The van der Waals surface area contributed by atoms with Crippen LogP contribution in [0.2, 0.25) is 0 Å². The highest BCUT2D eigenvalue weighted by atomic mass is 16.5. The number of hydrogen-bond donors (Lipinski definition) is 2. The third-order valence-electron chi connectivity index (χ3n) is 3.29. The Morgan fingerprint density at radius 1 is 1.04 bits per heavy atom. The largest absolute Gasteiger partial charge is 0.479 e. The molecule has 2 amide bonds. The number of nitriles is 1. The molecule has 0 radical (unpaired) electrons. The first kappa shape index (κ1) is 19.0. The number of anilines is 1. The SMILES string of the molecule is CC(C)(C)NC(=O)c1ccc(C(=O)Nc2cccc(OCC#N)c2)cc1. The van der Waals surface area contributed by atoms with Crippen LogP contribution < -0.4 is 15.4 Å². The van der Waals surface area contributed by atoms with Crippen molar-refractivity contribution in [1.82, 2.24) is 5.32 Å². The maximum atomic E-state index is 12.3. The van der Waals surface area contributed by atoms with E-state index in [0.717, 1.165) is 0 Å². The normalized spacial score (nSPS) is 10.5. The molecule has 6 heteroatoms. The van der Waals surface area contributed by atoms with Crippen LogP contribution in [0.5, 0.6) is 5.75 Å². The highest BCUT2D eigenvalue weighted by Gasteiger charge is 2.15. The van der Waals surface area contributed by atoms with Crippen molar-refractivity contribution in [1.29, 1.82) is 5.26 Å². The van der Waals surface area contributed by atoms with Crippen LogP contribution in [0.1, 0.15) is 41.5 Å². The maximum absolute atomic E-state index is 12.3. The Balaban J connectivity index is 2.04. The lowest BCUT2D eigenvalue weighted by atomic mass is 10.1. The third-order valence-corrected chi connectivity index (χ3v) is 3.29. The van der Waals surface area contributed by atoms with Crippen LogP contribution in [0.4, 0.5) is 5.69 Å². The molecule has 0 unspecified atom stereocenters. The van der Waals surface area contributed by atoms with E-state index >= 15 is 0 Å². The average Bonchev–Trinajstić information content (AvgIpc) is 2.59. The molecule has 0 heterocycles. The predicted molar refractivity (Wildman–Crippen MR) is 99.2 cm³/mol. The highest BCUT2D eigenvalue weighted by Crippen LogP contribution is 2.18. The van der Waals surface area contributed by atoms with Gasteiger partial charge in [0.1, 0.15) is 11.8 Å². The Bertz CT molecular complexity index is 831. The molecular weight excluding hydrogens is 330 g/mol. The van der Waals surface area contributed by atoms with E-state index < -0.39 is 0 Å². The van der Waals surface area contributed by atoms with E-state index in [2.05, 4.69) is 10.6 Å². The summed E-state index contributed by atoms with van der Waals surface area (Å²) in [6.45, 7) is 5.65. The van der Waals surface area contributed by atoms with Gasteiger partial charge >= 0.3 is 0 Å². The lowest BCUT2D eigenvalue weighted by Gasteiger charge is -2.20. The molecule has 2 rings (SSSR count). The number of amides is 2. The van der Waals surface area contributed by atoms with Gasteiger partial charge in [0.05, 0.1) is 0 Å². The van der Waals surface area contributed by atoms with Crippen molar-refractivity contribution < 1.29 is 14.3 Å². The topological polar surface area (TPSA) is 91.2 Å². The monoisotopic (exact) mass is 351 g/mol. The Morgan fingerprint density at radius 3 is 2.23 bits per heavy atom. The minimum atomic E-state index is -0.328. The molecule has 26 heavy (non-hydrogen) atoms. The summed E-state index contributed by atoms with van der Waals surface area (Å²) in [4.78, 5) is 24.5. The van der Waals surface area contributed by atoms with Gasteiger partial charge in [0.25, 0.3) is 11.8 Å². The summed E-state index contributed by atoms with van der Waals surface area (Å²) in [5, 5.41) is 14.2. The number of rotatable bonds is 5. The van der Waals surface area contributed by atoms with Gasteiger partial charge in [0.2, 0.25) is 0 Å². The Hall–Kier alpha value is -3.33. The van der Waals surface area contributed by atoms with Gasteiger partial charge in [-0.3, -0.25) is 9.59 Å². The van der Waals surface area contributed by atoms with Crippen LogP contribution in [0.25, 0.3) is 0 Å². The molecule has 0 bridgehead atoms. The lowest BCUT2D eigenvalue weighted by molar-refractivity contribution is 0.0918. The Kier molecular flexibility index (Phi) is 5.97. The molecule has 2 N–H and O–H groups in total. The average molecular weight is 351 g/mol. The molecule has 134 valence electrons. The number of carbonyl (C=O) groups excluding carboxylic acids is 2. The molecule has 0 fully saturated rings. The molecule has 0 aromatic heterocycles. The number of nitrogens with one attached hydrogen (secondary N) is 2. The molecule has 2 aromatic carbocycles. The second-order valence-electron chi connectivity index (χ2n) is 6.71. The minimum Gasteiger partial charge on any atom is -0.479 e. The van der Waals surface area contributed by atoms with Gasteiger partial charge in [-0.1, -0.05) is 6.07 Å². The van der Waals surface area contributed by atoms with Crippen molar-refractivity contribution in [2.24, 2.45) is 0 Å². The quantitative estimate of drug-likeness (QED) is 0.864. The molecule has 6 nitrogen and oxygen atoms in total. The minimum absolute atomic E-state index is 0.0600. The van der Waals surface area contributed by atoms with Gasteiger partial charge in [-0.15, -0.1) is 0 Å².